The Balaban J connectivity index is 1.73. The van der Waals surface area contributed by atoms with Gasteiger partial charge in [-0.1, -0.05) is 42.0 Å². The smallest absolute Gasteiger partial charge is 0.399 e. The molecule has 29 heavy (non-hydrogen) atoms. The summed E-state index contributed by atoms with van der Waals surface area (Å²) in [6.07, 6.45) is 0. The molecular weight excluding hydrogens is 357 g/mol. The molecule has 4 heteroatoms. The van der Waals surface area contributed by atoms with Crippen LogP contribution in [0.4, 0.5) is 0 Å². The van der Waals surface area contributed by atoms with E-state index in [-0.39, 0.29) is 18.3 Å². The van der Waals surface area contributed by atoms with E-state index in [2.05, 4.69) is 106 Å². The van der Waals surface area contributed by atoms with Crippen LogP contribution in [0.1, 0.15) is 33.3 Å². The van der Waals surface area contributed by atoms with Gasteiger partial charge in [0.15, 0.2) is 0 Å². The number of aromatic nitrogens is 1. The van der Waals surface area contributed by atoms with E-state index >= 15 is 0 Å². The zero-order valence-corrected chi connectivity index (χ0v) is 17.7. The van der Waals surface area contributed by atoms with Crippen LogP contribution >= 0.6 is 0 Å². The molecule has 0 bridgehead atoms. The van der Waals surface area contributed by atoms with Crippen LogP contribution < -0.4 is 5.46 Å². The lowest BCUT2D eigenvalue weighted by molar-refractivity contribution is 0.00578. The second-order valence-corrected chi connectivity index (χ2v) is 9.06. The lowest BCUT2D eigenvalue weighted by Crippen LogP contribution is -2.41. The molecular formula is C25H26BNO2. The molecule has 0 atom stereocenters. The van der Waals surface area contributed by atoms with Crippen LogP contribution in [-0.2, 0) is 9.31 Å². The molecule has 0 spiro atoms. The summed E-state index contributed by atoms with van der Waals surface area (Å²) in [5, 5.41) is 2.47. The maximum atomic E-state index is 6.30. The first-order valence-electron chi connectivity index (χ1n) is 10.2. The molecule has 0 aliphatic carbocycles. The zero-order valence-electron chi connectivity index (χ0n) is 17.7. The molecule has 0 unspecified atom stereocenters. The fraction of sp³-hybridized carbons (Fsp3) is 0.280. The quantitative estimate of drug-likeness (QED) is 0.433. The summed E-state index contributed by atoms with van der Waals surface area (Å²) in [5.41, 5.74) is 5.19. The molecule has 1 saturated heterocycles. The lowest BCUT2D eigenvalue weighted by atomic mass is 9.78. The normalized spacial score (nSPS) is 18.0. The van der Waals surface area contributed by atoms with Crippen molar-refractivity contribution in [2.24, 2.45) is 0 Å². The number of hydrogen-bond donors (Lipinski definition) is 0. The van der Waals surface area contributed by atoms with E-state index in [1.54, 1.807) is 0 Å². The van der Waals surface area contributed by atoms with E-state index in [1.807, 2.05) is 0 Å². The molecule has 1 fully saturated rings. The summed E-state index contributed by atoms with van der Waals surface area (Å²) >= 11 is 0. The zero-order chi connectivity index (χ0) is 20.4. The monoisotopic (exact) mass is 383 g/mol. The summed E-state index contributed by atoms with van der Waals surface area (Å²) < 4.78 is 14.9. The van der Waals surface area contributed by atoms with Crippen LogP contribution in [0.15, 0.2) is 66.7 Å². The fourth-order valence-electron chi connectivity index (χ4n) is 4.14. The van der Waals surface area contributed by atoms with Gasteiger partial charge in [-0.25, -0.2) is 0 Å². The van der Waals surface area contributed by atoms with Gasteiger partial charge in [0.05, 0.1) is 22.2 Å². The summed E-state index contributed by atoms with van der Waals surface area (Å²) in [7, 11) is -0.357. The highest BCUT2D eigenvalue weighted by Crippen LogP contribution is 2.37. The first-order valence-corrected chi connectivity index (χ1v) is 10.2. The minimum atomic E-state index is -0.357. The number of nitrogens with zero attached hydrogens (tertiary/aromatic N) is 1. The van der Waals surface area contributed by atoms with Crippen molar-refractivity contribution >= 4 is 34.4 Å². The van der Waals surface area contributed by atoms with Crippen LogP contribution in [0.25, 0.3) is 27.5 Å². The van der Waals surface area contributed by atoms with E-state index in [0.717, 1.165) is 5.46 Å². The van der Waals surface area contributed by atoms with Gasteiger partial charge in [0, 0.05) is 16.5 Å². The molecule has 0 amide bonds. The predicted molar refractivity (Wildman–Crippen MR) is 121 cm³/mol. The van der Waals surface area contributed by atoms with E-state index in [1.165, 1.54) is 33.1 Å². The average molecular weight is 383 g/mol. The highest BCUT2D eigenvalue weighted by Gasteiger charge is 2.51. The van der Waals surface area contributed by atoms with Gasteiger partial charge in [0.25, 0.3) is 0 Å². The largest absolute Gasteiger partial charge is 0.494 e. The fourth-order valence-corrected chi connectivity index (χ4v) is 4.14. The highest BCUT2D eigenvalue weighted by atomic mass is 16.7. The van der Waals surface area contributed by atoms with Crippen molar-refractivity contribution in [2.45, 2.75) is 45.8 Å². The Labute approximate surface area is 172 Å². The van der Waals surface area contributed by atoms with Crippen molar-refractivity contribution in [3.8, 4) is 5.69 Å². The maximum Gasteiger partial charge on any atom is 0.494 e. The van der Waals surface area contributed by atoms with Gasteiger partial charge in [0.1, 0.15) is 0 Å². The number of aryl methyl sites for hydroxylation is 1. The van der Waals surface area contributed by atoms with Gasteiger partial charge in [-0.15, -0.1) is 0 Å². The molecule has 1 aliphatic heterocycles. The van der Waals surface area contributed by atoms with Crippen molar-refractivity contribution in [2.75, 3.05) is 0 Å². The van der Waals surface area contributed by atoms with E-state index in [4.69, 9.17) is 9.31 Å². The minimum Gasteiger partial charge on any atom is -0.399 e. The van der Waals surface area contributed by atoms with Gasteiger partial charge in [-0.2, -0.15) is 0 Å². The topological polar surface area (TPSA) is 23.4 Å². The molecule has 0 N–H and O–H groups in total. The van der Waals surface area contributed by atoms with E-state index in [0.29, 0.717) is 0 Å². The van der Waals surface area contributed by atoms with Crippen LogP contribution in [-0.4, -0.2) is 22.9 Å². The predicted octanol–water partition coefficient (Wildman–Crippen LogP) is 5.39. The van der Waals surface area contributed by atoms with Crippen molar-refractivity contribution in [3.05, 3.63) is 72.3 Å². The van der Waals surface area contributed by atoms with Crippen molar-refractivity contribution in [1.29, 1.82) is 0 Å². The van der Waals surface area contributed by atoms with Gasteiger partial charge < -0.3 is 13.9 Å². The Morgan fingerprint density at radius 1 is 0.724 bits per heavy atom. The van der Waals surface area contributed by atoms with Crippen LogP contribution in [0, 0.1) is 6.92 Å². The summed E-state index contributed by atoms with van der Waals surface area (Å²) in [6, 6.07) is 23.7. The van der Waals surface area contributed by atoms with Gasteiger partial charge in [-0.05, 0) is 70.4 Å². The molecule has 146 valence electrons. The standard InChI is InChI=1S/C25H26BNO2/c1-17-11-13-22-20(15-17)21-16-18(26-28-24(2,3)25(4,5)29-26)12-14-23(21)27(22)19-9-7-6-8-10-19/h6-16H,1-5H3. The number of rotatable bonds is 2. The third kappa shape index (κ3) is 2.82. The summed E-state index contributed by atoms with van der Waals surface area (Å²) in [4.78, 5) is 0. The number of para-hydroxylation sites is 1. The Kier molecular flexibility index (Phi) is 3.96. The van der Waals surface area contributed by atoms with Gasteiger partial charge >= 0.3 is 7.12 Å². The number of fused-ring (bicyclic) bond motifs is 3. The molecule has 5 rings (SSSR count). The SMILES string of the molecule is Cc1ccc2c(c1)c1cc(B3OC(C)(C)C(C)(C)O3)ccc1n2-c1ccccc1. The first-order chi connectivity index (χ1) is 13.8. The average Bonchev–Trinajstić information content (AvgIpc) is 3.12. The van der Waals surface area contributed by atoms with Gasteiger partial charge in [0.2, 0.25) is 0 Å². The Bertz CT molecular complexity index is 1210. The molecule has 3 nitrogen and oxygen atoms in total. The van der Waals surface area contributed by atoms with Gasteiger partial charge in [-0.3, -0.25) is 0 Å². The van der Waals surface area contributed by atoms with Crippen molar-refractivity contribution < 1.29 is 9.31 Å². The third-order valence-electron chi connectivity index (χ3n) is 6.48. The second kappa shape index (κ2) is 6.22. The van der Waals surface area contributed by atoms with Crippen molar-refractivity contribution in [1.82, 2.24) is 4.57 Å². The summed E-state index contributed by atoms with van der Waals surface area (Å²) in [5.74, 6) is 0. The van der Waals surface area contributed by atoms with Crippen LogP contribution in [0.5, 0.6) is 0 Å². The second-order valence-electron chi connectivity index (χ2n) is 9.06. The van der Waals surface area contributed by atoms with E-state index < -0.39 is 0 Å². The van der Waals surface area contributed by atoms with E-state index in [9.17, 15) is 0 Å². The lowest BCUT2D eigenvalue weighted by Gasteiger charge is -2.32. The van der Waals surface area contributed by atoms with Crippen LogP contribution in [0.3, 0.4) is 0 Å². The molecule has 1 aromatic heterocycles. The molecule has 0 saturated carbocycles. The Hall–Kier alpha value is -2.56. The maximum absolute atomic E-state index is 6.30. The third-order valence-corrected chi connectivity index (χ3v) is 6.48. The van der Waals surface area contributed by atoms with Crippen molar-refractivity contribution in [3.63, 3.8) is 0 Å². The molecule has 0 radical (unpaired) electrons. The first kappa shape index (κ1) is 18.5. The Morgan fingerprint density at radius 2 is 1.31 bits per heavy atom. The highest BCUT2D eigenvalue weighted by molar-refractivity contribution is 6.62. The Morgan fingerprint density at radius 3 is 1.97 bits per heavy atom. The minimum absolute atomic E-state index is 0.346. The molecule has 2 heterocycles. The molecule has 1 aliphatic rings. The number of hydrogen-bond acceptors (Lipinski definition) is 2. The molecule has 4 aromatic rings. The number of benzene rings is 3. The molecule has 3 aromatic carbocycles. The summed E-state index contributed by atoms with van der Waals surface area (Å²) in [6.45, 7) is 10.5. The van der Waals surface area contributed by atoms with Crippen LogP contribution in [0.2, 0.25) is 0 Å².